The zero-order valence-electron chi connectivity index (χ0n) is 17.3. The van der Waals surface area contributed by atoms with Crippen LogP contribution in [0.2, 0.25) is 0 Å². The molecule has 0 unspecified atom stereocenters. The fraction of sp³-hybridized carbons (Fsp3) is 0.500. The molecule has 1 fully saturated rings. The Morgan fingerprint density at radius 1 is 1.14 bits per heavy atom. The second-order valence-electron chi connectivity index (χ2n) is 8.64. The van der Waals surface area contributed by atoms with Gasteiger partial charge in [0.1, 0.15) is 0 Å². The van der Waals surface area contributed by atoms with Crippen LogP contribution in [0.4, 0.5) is 5.13 Å². The van der Waals surface area contributed by atoms with Crippen molar-refractivity contribution in [3.63, 3.8) is 0 Å². The van der Waals surface area contributed by atoms with Crippen LogP contribution in [-0.4, -0.2) is 34.8 Å². The third-order valence-corrected chi connectivity index (χ3v) is 6.09. The number of benzene rings is 1. The van der Waals surface area contributed by atoms with Crippen molar-refractivity contribution in [2.45, 2.75) is 47.5 Å². The van der Waals surface area contributed by atoms with E-state index in [4.69, 9.17) is 0 Å². The summed E-state index contributed by atoms with van der Waals surface area (Å²) in [5, 5.41) is 5.57. The molecule has 1 saturated heterocycles. The molecule has 0 atom stereocenters. The van der Waals surface area contributed by atoms with E-state index in [1.807, 2.05) is 31.1 Å². The summed E-state index contributed by atoms with van der Waals surface area (Å²) >= 11 is 1.45. The smallest absolute Gasteiger partial charge is 0.229 e. The number of nitrogens with one attached hydrogen (secondary N) is 1. The molecule has 0 bridgehead atoms. The zero-order valence-corrected chi connectivity index (χ0v) is 18.2. The van der Waals surface area contributed by atoms with Gasteiger partial charge in [-0.2, -0.15) is 0 Å². The Hall–Kier alpha value is -2.21. The predicted molar refractivity (Wildman–Crippen MR) is 114 cm³/mol. The summed E-state index contributed by atoms with van der Waals surface area (Å²) in [6, 6.07) is 6.28. The number of rotatable bonds is 3. The Morgan fingerprint density at radius 2 is 1.82 bits per heavy atom. The number of carbonyl (C=O) groups excluding carboxylic acids is 2. The highest BCUT2D eigenvalue weighted by Gasteiger charge is 2.32. The fourth-order valence-corrected chi connectivity index (χ4v) is 4.11. The predicted octanol–water partition coefficient (Wildman–Crippen LogP) is 4.65. The average Bonchev–Trinajstić information content (AvgIpc) is 3.11. The number of nitrogens with zero attached hydrogens (tertiary/aromatic N) is 2. The minimum Gasteiger partial charge on any atom is -0.342 e. The van der Waals surface area contributed by atoms with E-state index in [0.717, 1.165) is 11.3 Å². The van der Waals surface area contributed by atoms with Crippen LogP contribution in [0, 0.1) is 25.2 Å². The van der Waals surface area contributed by atoms with Gasteiger partial charge < -0.3 is 10.2 Å². The number of piperidine rings is 1. The lowest BCUT2D eigenvalue weighted by Gasteiger charge is -2.35. The number of carbonyl (C=O) groups is 2. The highest BCUT2D eigenvalue weighted by molar-refractivity contribution is 7.14. The maximum absolute atomic E-state index is 12.6. The number of hydrogen-bond donors (Lipinski definition) is 1. The van der Waals surface area contributed by atoms with Crippen molar-refractivity contribution in [1.29, 1.82) is 0 Å². The average molecular weight is 400 g/mol. The Balaban J connectivity index is 1.58. The van der Waals surface area contributed by atoms with Gasteiger partial charge in [-0.3, -0.25) is 9.59 Å². The molecule has 1 aromatic carbocycles. The minimum atomic E-state index is -0.374. The molecule has 150 valence electrons. The van der Waals surface area contributed by atoms with E-state index in [1.165, 1.54) is 22.5 Å². The normalized spacial score (nSPS) is 15.5. The van der Waals surface area contributed by atoms with Gasteiger partial charge in [0, 0.05) is 35.4 Å². The molecule has 1 aliphatic heterocycles. The summed E-state index contributed by atoms with van der Waals surface area (Å²) in [4.78, 5) is 31.5. The van der Waals surface area contributed by atoms with Gasteiger partial charge >= 0.3 is 0 Å². The van der Waals surface area contributed by atoms with Crippen molar-refractivity contribution in [3.8, 4) is 11.3 Å². The maximum atomic E-state index is 12.6. The highest BCUT2D eigenvalue weighted by atomic mass is 32.1. The molecule has 0 radical (unpaired) electrons. The van der Waals surface area contributed by atoms with Gasteiger partial charge in [0.05, 0.1) is 5.69 Å². The molecule has 1 aliphatic rings. The molecule has 0 spiro atoms. The number of amides is 2. The molecule has 2 amide bonds. The van der Waals surface area contributed by atoms with E-state index in [1.54, 1.807) is 0 Å². The molecule has 2 aromatic rings. The van der Waals surface area contributed by atoms with Crippen molar-refractivity contribution in [1.82, 2.24) is 9.88 Å². The first-order valence-corrected chi connectivity index (χ1v) is 10.7. The van der Waals surface area contributed by atoms with Crippen LogP contribution in [0.15, 0.2) is 23.6 Å². The number of aromatic nitrogens is 1. The summed E-state index contributed by atoms with van der Waals surface area (Å²) in [5.41, 5.74) is 4.06. The monoisotopic (exact) mass is 399 g/mol. The van der Waals surface area contributed by atoms with Crippen LogP contribution in [-0.2, 0) is 9.59 Å². The minimum absolute atomic E-state index is 0.00356. The lowest BCUT2D eigenvalue weighted by atomic mass is 9.91. The van der Waals surface area contributed by atoms with Gasteiger partial charge in [-0.05, 0) is 43.9 Å². The third-order valence-electron chi connectivity index (χ3n) is 5.33. The molecule has 1 N–H and O–H groups in total. The van der Waals surface area contributed by atoms with E-state index in [-0.39, 0.29) is 23.1 Å². The van der Waals surface area contributed by atoms with Crippen LogP contribution >= 0.6 is 11.3 Å². The molecule has 0 aliphatic carbocycles. The second kappa shape index (κ2) is 8.03. The molecule has 5 nitrogen and oxygen atoms in total. The zero-order chi connectivity index (χ0) is 20.5. The van der Waals surface area contributed by atoms with E-state index >= 15 is 0 Å². The van der Waals surface area contributed by atoms with Crippen LogP contribution in [0.5, 0.6) is 0 Å². The molecule has 1 aromatic heterocycles. The first kappa shape index (κ1) is 20.5. The van der Waals surface area contributed by atoms with Gasteiger partial charge in [0.25, 0.3) is 0 Å². The summed E-state index contributed by atoms with van der Waals surface area (Å²) in [5.74, 6) is 0.0890. The van der Waals surface area contributed by atoms with E-state index in [2.05, 4.69) is 42.3 Å². The standard InChI is InChI=1S/C22H29N3O2S/c1-14-6-7-17(12-15(14)2)18-13-28-21(23-18)24-19(26)16-8-10-25(11-9-16)20(27)22(3,4)5/h6-7,12-13,16H,8-11H2,1-5H3,(H,23,24,26). The molecule has 0 saturated carbocycles. The van der Waals surface area contributed by atoms with Gasteiger partial charge in [-0.25, -0.2) is 4.98 Å². The summed E-state index contributed by atoms with van der Waals surface area (Å²) in [7, 11) is 0. The summed E-state index contributed by atoms with van der Waals surface area (Å²) in [6.45, 7) is 11.3. The van der Waals surface area contributed by atoms with E-state index < -0.39 is 0 Å². The number of hydrogen-bond acceptors (Lipinski definition) is 4. The highest BCUT2D eigenvalue weighted by Crippen LogP contribution is 2.28. The molecular formula is C22H29N3O2S. The molecular weight excluding hydrogens is 370 g/mol. The second-order valence-corrected chi connectivity index (χ2v) is 9.50. The SMILES string of the molecule is Cc1ccc(-c2csc(NC(=O)C3CCN(C(=O)C(C)(C)C)CC3)n2)cc1C. The van der Waals surface area contributed by atoms with Crippen LogP contribution in [0.25, 0.3) is 11.3 Å². The van der Waals surface area contributed by atoms with Crippen molar-refractivity contribution in [3.05, 3.63) is 34.7 Å². The third kappa shape index (κ3) is 4.61. The van der Waals surface area contributed by atoms with Crippen molar-refractivity contribution in [2.75, 3.05) is 18.4 Å². The summed E-state index contributed by atoms with van der Waals surface area (Å²) in [6.07, 6.45) is 1.39. The topological polar surface area (TPSA) is 62.3 Å². The first-order valence-electron chi connectivity index (χ1n) is 9.78. The van der Waals surface area contributed by atoms with Crippen molar-refractivity contribution < 1.29 is 9.59 Å². The first-order chi connectivity index (χ1) is 13.1. The Morgan fingerprint density at radius 3 is 2.43 bits per heavy atom. The Bertz CT molecular complexity index is 874. The number of anilines is 1. The van der Waals surface area contributed by atoms with Crippen LogP contribution in [0.1, 0.15) is 44.7 Å². The Labute approximate surface area is 171 Å². The van der Waals surface area contributed by atoms with Crippen LogP contribution in [0.3, 0.4) is 0 Å². The maximum Gasteiger partial charge on any atom is 0.229 e. The van der Waals surface area contributed by atoms with Gasteiger partial charge in [0.2, 0.25) is 11.8 Å². The van der Waals surface area contributed by atoms with Gasteiger partial charge in [0.15, 0.2) is 5.13 Å². The fourth-order valence-electron chi connectivity index (χ4n) is 3.39. The number of aryl methyl sites for hydroxylation is 2. The van der Waals surface area contributed by atoms with Gasteiger partial charge in [-0.1, -0.05) is 32.9 Å². The van der Waals surface area contributed by atoms with E-state index in [9.17, 15) is 9.59 Å². The lowest BCUT2D eigenvalue weighted by Crippen LogP contribution is -2.45. The number of likely N-dealkylation sites (tertiary alicyclic amines) is 1. The summed E-state index contributed by atoms with van der Waals surface area (Å²) < 4.78 is 0. The van der Waals surface area contributed by atoms with Gasteiger partial charge in [-0.15, -0.1) is 11.3 Å². The Kier molecular flexibility index (Phi) is 5.89. The largest absolute Gasteiger partial charge is 0.342 e. The van der Waals surface area contributed by atoms with E-state index in [0.29, 0.717) is 31.1 Å². The van der Waals surface area contributed by atoms with Crippen molar-refractivity contribution >= 4 is 28.3 Å². The molecule has 2 heterocycles. The molecule has 6 heteroatoms. The number of thiazole rings is 1. The molecule has 28 heavy (non-hydrogen) atoms. The molecule has 3 rings (SSSR count). The lowest BCUT2D eigenvalue weighted by molar-refractivity contribution is -0.142. The quantitative estimate of drug-likeness (QED) is 0.817. The van der Waals surface area contributed by atoms with Crippen molar-refractivity contribution in [2.24, 2.45) is 11.3 Å². The van der Waals surface area contributed by atoms with Crippen LogP contribution < -0.4 is 5.32 Å².